The quantitative estimate of drug-likeness (QED) is 0.512. The van der Waals surface area contributed by atoms with Crippen molar-refractivity contribution in [3.05, 3.63) is 17.9 Å². The van der Waals surface area contributed by atoms with Gasteiger partial charge in [-0.05, 0) is 30.4 Å². The van der Waals surface area contributed by atoms with Crippen molar-refractivity contribution in [1.82, 2.24) is 0 Å². The normalized spacial score (nSPS) is 10.4. The highest BCUT2D eigenvalue weighted by molar-refractivity contribution is 4.86. The van der Waals surface area contributed by atoms with Crippen LogP contribution in [0.5, 0.6) is 0 Å². The molecule has 0 radical (unpaired) electrons. The van der Waals surface area contributed by atoms with Crippen LogP contribution in [0.3, 0.4) is 0 Å². The summed E-state index contributed by atoms with van der Waals surface area (Å²) >= 11 is 0. The molecule has 0 unspecified atom stereocenters. The molecule has 0 aliphatic rings. The molecule has 0 spiro atoms. The Bertz CT molecular complexity index is 129. The second-order valence-corrected chi connectivity index (χ2v) is 3.75. The third-order valence-electron chi connectivity index (χ3n) is 1.15. The minimum atomic E-state index is 0.411. The molecule has 0 rings (SSSR count). The molecule has 0 atom stereocenters. The summed E-state index contributed by atoms with van der Waals surface area (Å²) in [5.41, 5.74) is 3.55. The van der Waals surface area contributed by atoms with Crippen molar-refractivity contribution in [1.29, 1.82) is 0 Å². The summed E-state index contributed by atoms with van der Waals surface area (Å²) in [6.45, 7) is 8.82. The van der Waals surface area contributed by atoms with Crippen molar-refractivity contribution in [2.45, 2.75) is 40.5 Å². The third kappa shape index (κ3) is 7.52. The van der Waals surface area contributed by atoms with Crippen LogP contribution >= 0.6 is 0 Å². The Labute approximate surface area is 64.6 Å². The van der Waals surface area contributed by atoms with Crippen LogP contribution in [0.2, 0.25) is 0 Å². The Morgan fingerprint density at radius 3 is 2.20 bits per heavy atom. The summed E-state index contributed by atoms with van der Waals surface area (Å²) in [5, 5.41) is 0. The van der Waals surface area contributed by atoms with Crippen molar-refractivity contribution in [3.63, 3.8) is 0 Å². The maximum Gasteiger partial charge on any atom is -0.0225 e. The van der Waals surface area contributed by atoms with E-state index in [1.165, 1.54) is 0 Å². The van der Waals surface area contributed by atoms with Gasteiger partial charge in [-0.2, -0.15) is 0 Å². The summed E-state index contributed by atoms with van der Waals surface area (Å²) in [6.07, 6.45) is 6.37. The molecule has 0 nitrogen and oxygen atoms in total. The van der Waals surface area contributed by atoms with Crippen LogP contribution in [-0.2, 0) is 0 Å². The number of rotatable bonds is 2. The summed E-state index contributed by atoms with van der Waals surface area (Å²) < 4.78 is 0. The minimum absolute atomic E-state index is 0.411. The highest BCUT2D eigenvalue weighted by Crippen LogP contribution is 2.18. The van der Waals surface area contributed by atoms with Gasteiger partial charge in [-0.1, -0.05) is 27.7 Å². The van der Waals surface area contributed by atoms with E-state index in [9.17, 15) is 0 Å². The van der Waals surface area contributed by atoms with Crippen molar-refractivity contribution < 1.29 is 0 Å². The van der Waals surface area contributed by atoms with E-state index in [-0.39, 0.29) is 0 Å². The third-order valence-corrected chi connectivity index (χ3v) is 1.15. The molecule has 0 heteroatoms. The summed E-state index contributed by atoms with van der Waals surface area (Å²) in [6, 6.07) is 0. The molecule has 0 aromatic heterocycles. The van der Waals surface area contributed by atoms with Gasteiger partial charge in [0.25, 0.3) is 0 Å². The van der Waals surface area contributed by atoms with E-state index in [1.54, 1.807) is 0 Å². The zero-order valence-electron chi connectivity index (χ0n) is 7.57. The smallest absolute Gasteiger partial charge is 0.0225 e. The lowest BCUT2D eigenvalue weighted by molar-refractivity contribution is 0.421. The first-order valence-electron chi connectivity index (χ1n) is 3.95. The fraction of sp³-hybridized carbons (Fsp3) is 0.700. The molecule has 0 bridgehead atoms. The molecule has 0 heterocycles. The van der Waals surface area contributed by atoms with Gasteiger partial charge in [0.05, 0.1) is 0 Å². The largest absolute Gasteiger partial charge is 0.130 e. The molecule has 0 amide bonds. The van der Waals surface area contributed by atoms with Gasteiger partial charge in [0.2, 0.25) is 0 Å². The van der Waals surface area contributed by atoms with E-state index in [0.29, 0.717) is 5.41 Å². The average molecular weight is 138 g/mol. The van der Waals surface area contributed by atoms with Crippen molar-refractivity contribution in [3.8, 4) is 0 Å². The molecule has 0 aliphatic heterocycles. The van der Waals surface area contributed by atoms with E-state index in [0.717, 1.165) is 12.8 Å². The zero-order chi connectivity index (χ0) is 8.04. The van der Waals surface area contributed by atoms with E-state index in [1.807, 2.05) is 0 Å². The van der Waals surface area contributed by atoms with Gasteiger partial charge in [-0.15, -0.1) is 5.73 Å². The lowest BCUT2D eigenvalue weighted by atomic mass is 9.92. The summed E-state index contributed by atoms with van der Waals surface area (Å²) in [4.78, 5) is 0. The highest BCUT2D eigenvalue weighted by Gasteiger charge is 2.05. The molecular weight excluding hydrogens is 120 g/mol. The molecule has 0 N–H and O–H groups in total. The van der Waals surface area contributed by atoms with Crippen LogP contribution in [0.15, 0.2) is 17.9 Å². The van der Waals surface area contributed by atoms with E-state index in [4.69, 9.17) is 0 Å². The van der Waals surface area contributed by atoms with Crippen LogP contribution in [-0.4, -0.2) is 0 Å². The summed E-state index contributed by atoms with van der Waals surface area (Å²) in [7, 11) is 0. The van der Waals surface area contributed by atoms with Crippen molar-refractivity contribution in [2.75, 3.05) is 0 Å². The van der Waals surface area contributed by atoms with Crippen LogP contribution < -0.4 is 0 Å². The molecule has 0 aromatic carbocycles. The van der Waals surface area contributed by atoms with Gasteiger partial charge >= 0.3 is 0 Å². The highest BCUT2D eigenvalue weighted by atomic mass is 14.1. The van der Waals surface area contributed by atoms with E-state index < -0.39 is 0 Å². The van der Waals surface area contributed by atoms with Crippen molar-refractivity contribution >= 4 is 0 Å². The molecule has 0 saturated heterocycles. The fourth-order valence-corrected chi connectivity index (χ4v) is 0.566. The number of hydrogen-bond donors (Lipinski definition) is 0. The van der Waals surface area contributed by atoms with Gasteiger partial charge in [-0.3, -0.25) is 0 Å². The first-order chi connectivity index (χ1) is 4.56. The molecule has 58 valence electrons. The van der Waals surface area contributed by atoms with Gasteiger partial charge in [0, 0.05) is 0 Å². The first-order valence-corrected chi connectivity index (χ1v) is 3.95. The van der Waals surface area contributed by atoms with Crippen molar-refractivity contribution in [2.24, 2.45) is 5.41 Å². The second-order valence-electron chi connectivity index (χ2n) is 3.75. The predicted molar refractivity (Wildman–Crippen MR) is 47.0 cm³/mol. The SMILES string of the molecule is CCC=C=CCC(C)(C)C. The lowest BCUT2D eigenvalue weighted by Crippen LogP contribution is -2.01. The summed E-state index contributed by atoms with van der Waals surface area (Å²) in [5.74, 6) is 0. The minimum Gasteiger partial charge on any atom is -0.130 e. The molecular formula is C10H18. The molecule has 10 heavy (non-hydrogen) atoms. The number of hydrogen-bond acceptors (Lipinski definition) is 0. The average Bonchev–Trinajstić information content (AvgIpc) is 1.78. The van der Waals surface area contributed by atoms with Crippen LogP contribution in [0, 0.1) is 5.41 Å². The Morgan fingerprint density at radius 2 is 1.80 bits per heavy atom. The molecule has 0 fully saturated rings. The van der Waals surface area contributed by atoms with Crippen LogP contribution in [0.1, 0.15) is 40.5 Å². The van der Waals surface area contributed by atoms with Crippen LogP contribution in [0.4, 0.5) is 0 Å². The van der Waals surface area contributed by atoms with Gasteiger partial charge in [0.1, 0.15) is 0 Å². The van der Waals surface area contributed by atoms with Crippen LogP contribution in [0.25, 0.3) is 0 Å². The second kappa shape index (κ2) is 4.35. The fourth-order valence-electron chi connectivity index (χ4n) is 0.566. The maximum absolute atomic E-state index is 3.14. The number of allylic oxidation sites excluding steroid dienone is 1. The Balaban J connectivity index is 3.64. The molecule has 0 saturated carbocycles. The monoisotopic (exact) mass is 138 g/mol. The maximum atomic E-state index is 3.14. The van der Waals surface area contributed by atoms with E-state index >= 15 is 0 Å². The Hall–Kier alpha value is -0.480. The van der Waals surface area contributed by atoms with E-state index in [2.05, 4.69) is 45.6 Å². The van der Waals surface area contributed by atoms with Gasteiger partial charge < -0.3 is 0 Å². The molecule has 0 aromatic rings. The Morgan fingerprint density at radius 1 is 1.20 bits per heavy atom. The standard InChI is InChI=1S/C10H18/c1-5-6-7-8-9-10(2,3)4/h6,8H,5,9H2,1-4H3. The first kappa shape index (κ1) is 9.52. The lowest BCUT2D eigenvalue weighted by Gasteiger charge is -2.13. The topological polar surface area (TPSA) is 0 Å². The van der Waals surface area contributed by atoms with Gasteiger partial charge in [0.15, 0.2) is 0 Å². The Kier molecular flexibility index (Phi) is 4.14. The molecule has 0 aliphatic carbocycles. The zero-order valence-corrected chi connectivity index (χ0v) is 7.57. The predicted octanol–water partition coefficient (Wildman–Crippen LogP) is 3.54. The van der Waals surface area contributed by atoms with Gasteiger partial charge in [-0.25, -0.2) is 0 Å².